The van der Waals surface area contributed by atoms with Gasteiger partial charge in [0.25, 0.3) is 32.1 Å². The number of carbonyl (C=O) groups excluding carboxylic acids is 2. The predicted molar refractivity (Wildman–Crippen MR) is 130 cm³/mol. The second-order valence-electron chi connectivity index (χ2n) is 8.52. The molecule has 0 saturated carbocycles. The molecular weight excluding hydrogens is 592 g/mol. The number of rotatable bonds is 17. The normalized spacial score (nSPS) is 26.9. The van der Waals surface area contributed by atoms with E-state index < -0.39 is 119 Å². The molecule has 0 radical (unpaired) electrons. The molecule has 0 spiro atoms. The van der Waals surface area contributed by atoms with Crippen LogP contribution in [-0.4, -0.2) is 159 Å². The Bertz CT molecular complexity index is 1020. The van der Waals surface area contributed by atoms with Gasteiger partial charge in [-0.25, -0.2) is 0 Å². The Morgan fingerprint density at radius 1 is 0.975 bits per heavy atom. The SMILES string of the molecule is COC(CO)C(OC(OC1C(O)C(O)C(OC)O[C@H]1C(=O)NCCS(=O)(=O)O)[C@@H](C)O)C(=O)NCCS(=O)(=O)O. The third-order valence-electron chi connectivity index (χ3n) is 5.40. The Balaban J connectivity index is 3.22. The van der Waals surface area contributed by atoms with Crippen LogP contribution >= 0.6 is 0 Å². The zero-order valence-electron chi connectivity index (χ0n) is 21.7. The molecule has 1 rings (SSSR count). The number of ether oxygens (including phenoxy) is 5. The molecule has 236 valence electrons. The Kier molecular flexibility index (Phi) is 14.7. The number of methoxy groups -OCH3 is 2. The Hall–Kier alpha value is -1.60. The van der Waals surface area contributed by atoms with Crippen molar-refractivity contribution < 1.29 is 79.6 Å². The van der Waals surface area contributed by atoms with Gasteiger partial charge in [-0.1, -0.05) is 0 Å². The Morgan fingerprint density at radius 2 is 1.52 bits per heavy atom. The quantitative estimate of drug-likeness (QED) is 0.0550. The first-order chi connectivity index (χ1) is 18.4. The lowest BCUT2D eigenvalue weighted by Gasteiger charge is -2.43. The van der Waals surface area contributed by atoms with E-state index in [2.05, 4.69) is 10.6 Å². The van der Waals surface area contributed by atoms with Gasteiger partial charge in [0.1, 0.15) is 30.5 Å². The first-order valence-corrected chi connectivity index (χ1v) is 14.8. The zero-order chi connectivity index (χ0) is 30.8. The third-order valence-corrected chi connectivity index (χ3v) is 6.84. The van der Waals surface area contributed by atoms with Crippen molar-refractivity contribution in [2.45, 2.75) is 62.2 Å². The van der Waals surface area contributed by atoms with Crippen LogP contribution in [0.15, 0.2) is 0 Å². The maximum atomic E-state index is 12.8. The fourth-order valence-electron chi connectivity index (χ4n) is 3.37. The van der Waals surface area contributed by atoms with Crippen molar-refractivity contribution in [3.8, 4) is 0 Å². The standard InChI is InChI=1S/C19H36N2O17S2/c1-9(23)18(36-13(10(8-22)34-2)16(26)20-4-6-39(28,29)30)37-14-11(24)12(25)19(35-3)38-15(14)17(27)21-5-7-40(31,32)33/h9-15,18-19,22-25H,4-8H2,1-3H3,(H,20,26)(H,21,27)(H,28,29,30)(H,31,32,33)/t9-,10?,11?,12?,13?,14?,15-,18?,19?/m1/s1. The molecule has 40 heavy (non-hydrogen) atoms. The van der Waals surface area contributed by atoms with E-state index in [4.69, 9.17) is 32.8 Å². The minimum Gasteiger partial charge on any atom is -0.394 e. The van der Waals surface area contributed by atoms with Gasteiger partial charge in [0.2, 0.25) is 0 Å². The number of aliphatic hydroxyl groups is 4. The Morgan fingerprint density at radius 3 is 1.98 bits per heavy atom. The van der Waals surface area contributed by atoms with Gasteiger partial charge >= 0.3 is 0 Å². The average Bonchev–Trinajstić information content (AvgIpc) is 2.84. The topological polar surface area (TPSA) is 294 Å². The smallest absolute Gasteiger partial charge is 0.266 e. The van der Waals surface area contributed by atoms with Gasteiger partial charge < -0.3 is 54.7 Å². The van der Waals surface area contributed by atoms with Crippen LogP contribution in [0.2, 0.25) is 0 Å². The molecule has 1 aliphatic rings. The molecule has 21 heteroatoms. The maximum Gasteiger partial charge on any atom is 0.266 e. The predicted octanol–water partition coefficient (Wildman–Crippen LogP) is -5.43. The van der Waals surface area contributed by atoms with Crippen molar-refractivity contribution in [3.05, 3.63) is 0 Å². The van der Waals surface area contributed by atoms with Crippen LogP contribution in [0.25, 0.3) is 0 Å². The van der Waals surface area contributed by atoms with Crippen molar-refractivity contribution in [1.82, 2.24) is 10.6 Å². The van der Waals surface area contributed by atoms with E-state index >= 15 is 0 Å². The Labute approximate surface area is 230 Å². The lowest BCUT2D eigenvalue weighted by Crippen LogP contribution is -2.64. The third kappa shape index (κ3) is 11.7. The van der Waals surface area contributed by atoms with E-state index in [9.17, 15) is 46.9 Å². The van der Waals surface area contributed by atoms with Crippen molar-refractivity contribution >= 4 is 32.1 Å². The molecule has 0 aromatic heterocycles. The highest BCUT2D eigenvalue weighted by atomic mass is 32.2. The zero-order valence-corrected chi connectivity index (χ0v) is 23.4. The van der Waals surface area contributed by atoms with Crippen LogP contribution in [0.3, 0.4) is 0 Å². The van der Waals surface area contributed by atoms with Gasteiger partial charge in [0.15, 0.2) is 24.8 Å². The largest absolute Gasteiger partial charge is 0.394 e. The highest BCUT2D eigenvalue weighted by Crippen LogP contribution is 2.27. The van der Waals surface area contributed by atoms with Crippen LogP contribution in [0, 0.1) is 0 Å². The molecule has 1 heterocycles. The summed E-state index contributed by atoms with van der Waals surface area (Å²) in [4.78, 5) is 25.5. The van der Waals surface area contributed by atoms with Crippen molar-refractivity contribution in [2.75, 3.05) is 45.4 Å². The van der Waals surface area contributed by atoms with Crippen LogP contribution in [0.1, 0.15) is 6.92 Å². The van der Waals surface area contributed by atoms with Gasteiger partial charge in [-0.3, -0.25) is 18.7 Å². The molecule has 2 amide bonds. The van der Waals surface area contributed by atoms with Crippen molar-refractivity contribution in [2.24, 2.45) is 0 Å². The molecule has 9 atom stereocenters. The van der Waals surface area contributed by atoms with Gasteiger partial charge in [0, 0.05) is 27.3 Å². The first-order valence-electron chi connectivity index (χ1n) is 11.6. The van der Waals surface area contributed by atoms with E-state index in [1.807, 2.05) is 0 Å². The molecule has 0 aromatic carbocycles. The second-order valence-corrected chi connectivity index (χ2v) is 11.7. The van der Waals surface area contributed by atoms with Crippen molar-refractivity contribution in [3.63, 3.8) is 0 Å². The molecule has 0 aromatic rings. The summed E-state index contributed by atoms with van der Waals surface area (Å²) in [6.45, 7) is -0.869. The molecule has 1 fully saturated rings. The summed E-state index contributed by atoms with van der Waals surface area (Å²) < 4.78 is 87.7. The molecular formula is C19H36N2O17S2. The highest BCUT2D eigenvalue weighted by Gasteiger charge is 2.50. The molecule has 0 aliphatic carbocycles. The number of hydrogen-bond acceptors (Lipinski definition) is 15. The van der Waals surface area contributed by atoms with E-state index in [1.54, 1.807) is 0 Å². The van der Waals surface area contributed by atoms with Gasteiger partial charge in [0.05, 0.1) is 18.1 Å². The van der Waals surface area contributed by atoms with Crippen LogP contribution < -0.4 is 10.6 Å². The summed E-state index contributed by atoms with van der Waals surface area (Å²) in [7, 11) is -6.72. The first kappa shape index (κ1) is 36.4. The lowest BCUT2D eigenvalue weighted by molar-refractivity contribution is -0.325. The van der Waals surface area contributed by atoms with E-state index in [1.165, 1.54) is 0 Å². The molecule has 1 saturated heterocycles. The molecule has 19 nitrogen and oxygen atoms in total. The number of carbonyl (C=O) groups is 2. The number of amides is 2. The molecule has 7 unspecified atom stereocenters. The monoisotopic (exact) mass is 628 g/mol. The lowest BCUT2D eigenvalue weighted by atomic mass is 9.97. The summed E-state index contributed by atoms with van der Waals surface area (Å²) >= 11 is 0. The molecule has 0 bridgehead atoms. The number of aliphatic hydroxyl groups excluding tert-OH is 4. The van der Waals surface area contributed by atoms with E-state index in [-0.39, 0.29) is 0 Å². The minimum absolute atomic E-state index is 0.578. The number of hydrogen-bond donors (Lipinski definition) is 8. The van der Waals surface area contributed by atoms with Crippen LogP contribution in [0.4, 0.5) is 0 Å². The average molecular weight is 629 g/mol. The summed E-state index contributed by atoms with van der Waals surface area (Å²) in [5.74, 6) is -3.89. The fourth-order valence-corrected chi connectivity index (χ4v) is 4.09. The number of nitrogens with one attached hydrogen (secondary N) is 2. The van der Waals surface area contributed by atoms with Crippen molar-refractivity contribution in [1.29, 1.82) is 0 Å². The second kappa shape index (κ2) is 16.1. The molecule has 8 N–H and O–H groups in total. The van der Waals surface area contributed by atoms with Gasteiger partial charge in [-0.15, -0.1) is 0 Å². The van der Waals surface area contributed by atoms with E-state index in [0.717, 1.165) is 21.1 Å². The van der Waals surface area contributed by atoms with Crippen LogP contribution in [0.5, 0.6) is 0 Å². The summed E-state index contributed by atoms with van der Waals surface area (Å²) in [5.41, 5.74) is 0. The summed E-state index contributed by atoms with van der Waals surface area (Å²) in [6, 6.07) is 0. The van der Waals surface area contributed by atoms with E-state index in [0.29, 0.717) is 0 Å². The highest BCUT2D eigenvalue weighted by molar-refractivity contribution is 7.86. The molecule has 1 aliphatic heterocycles. The summed E-state index contributed by atoms with van der Waals surface area (Å²) in [6.07, 6.45) is -15.7. The van der Waals surface area contributed by atoms with Crippen LogP contribution in [-0.2, 0) is 53.5 Å². The maximum absolute atomic E-state index is 12.8. The summed E-state index contributed by atoms with van der Waals surface area (Å²) in [5, 5.41) is 45.2. The fraction of sp³-hybridized carbons (Fsp3) is 0.895. The van der Waals surface area contributed by atoms with Gasteiger partial charge in [-0.2, -0.15) is 16.8 Å². The minimum atomic E-state index is -4.45. The van der Waals surface area contributed by atoms with Gasteiger partial charge in [-0.05, 0) is 6.92 Å².